The van der Waals surface area contributed by atoms with Crippen LogP contribution < -0.4 is 0 Å². The monoisotopic (exact) mass is 604 g/mol. The molecule has 7 rings (SSSR count). The zero-order valence-corrected chi connectivity index (χ0v) is 27.4. The first-order valence-electron chi connectivity index (χ1n) is 15.1. The van der Waals surface area contributed by atoms with Gasteiger partial charge in [-0.2, -0.15) is 0 Å². The van der Waals surface area contributed by atoms with Gasteiger partial charge in [-0.1, -0.05) is 132 Å². The Bertz CT molecular complexity index is 1270. The Kier molecular flexibility index (Phi) is 8.24. The second-order valence-electron chi connectivity index (χ2n) is 13.8. The summed E-state index contributed by atoms with van der Waals surface area (Å²) >= 11 is 1.73. The lowest BCUT2D eigenvalue weighted by Crippen LogP contribution is -2.79. The third kappa shape index (κ3) is 5.32. The molecular formula is C35H44O5SSi. The van der Waals surface area contributed by atoms with E-state index in [4.69, 9.17) is 23.1 Å². The van der Waals surface area contributed by atoms with Gasteiger partial charge < -0.3 is 23.1 Å². The van der Waals surface area contributed by atoms with Crippen molar-refractivity contribution in [1.82, 2.24) is 0 Å². The zero-order valence-electron chi connectivity index (χ0n) is 25.6. The average Bonchev–Trinajstić information content (AvgIpc) is 3.07. The van der Waals surface area contributed by atoms with Crippen LogP contribution in [0.2, 0.25) is 10.1 Å². The summed E-state index contributed by atoms with van der Waals surface area (Å²) < 4.78 is 35.4. The van der Waals surface area contributed by atoms with E-state index in [1.54, 1.807) is 11.8 Å². The zero-order chi connectivity index (χ0) is 29.6. The van der Waals surface area contributed by atoms with Crippen molar-refractivity contribution >= 4 is 20.3 Å². The molecule has 3 saturated heterocycles. The van der Waals surface area contributed by atoms with E-state index >= 15 is 0 Å². The summed E-state index contributed by atoms with van der Waals surface area (Å²) in [5, 5.41) is -0.286. The molecular weight excluding hydrogens is 561 g/mol. The molecule has 224 valence electrons. The van der Waals surface area contributed by atoms with E-state index in [0.717, 1.165) is 16.0 Å². The van der Waals surface area contributed by atoms with Crippen LogP contribution in [0.3, 0.4) is 0 Å². The average molecular weight is 605 g/mol. The smallest absolute Gasteiger partial charge is 0.349 e. The predicted molar refractivity (Wildman–Crippen MR) is 169 cm³/mol. The standard InChI is InChI=1S/C35H44O5SSi/c1-33(2,3)42(34(4,5)6)38-24-28-29-31(40-42)30(32(39-28)41-27-20-14-9-15-21-27)35(29,36-22-25-16-10-7-11-17-25)37-23-26-18-12-8-13-19-26/h7-21,28-32H,22-24H2,1-6H3. The predicted octanol–water partition coefficient (Wildman–Crippen LogP) is 8.34. The van der Waals surface area contributed by atoms with Gasteiger partial charge in [-0.25, -0.2) is 0 Å². The van der Waals surface area contributed by atoms with Gasteiger partial charge in [0.25, 0.3) is 0 Å². The molecule has 3 aromatic rings. The fraction of sp³-hybridized carbons (Fsp3) is 0.486. The van der Waals surface area contributed by atoms with Crippen molar-refractivity contribution in [2.24, 2.45) is 11.8 Å². The Hall–Kier alpha value is -1.97. The molecule has 0 amide bonds. The van der Waals surface area contributed by atoms with Gasteiger partial charge in [0.05, 0.1) is 43.9 Å². The maximum Gasteiger partial charge on any atom is 0.349 e. The molecule has 1 saturated carbocycles. The van der Waals surface area contributed by atoms with Crippen LogP contribution >= 0.6 is 11.8 Å². The normalized spacial score (nSPS) is 28.0. The van der Waals surface area contributed by atoms with Crippen LogP contribution in [0.4, 0.5) is 0 Å². The Morgan fingerprint density at radius 3 is 1.74 bits per heavy atom. The summed E-state index contributed by atoms with van der Waals surface area (Å²) in [7, 11) is -2.79. The number of thioether (sulfide) groups is 1. The summed E-state index contributed by atoms with van der Waals surface area (Å²) in [6.07, 6.45) is -0.309. The highest BCUT2D eigenvalue weighted by Gasteiger charge is 2.78. The summed E-state index contributed by atoms with van der Waals surface area (Å²) in [5.74, 6) is -1.13. The number of benzene rings is 3. The molecule has 5 nitrogen and oxygen atoms in total. The lowest BCUT2D eigenvalue weighted by Gasteiger charge is -2.66. The van der Waals surface area contributed by atoms with Crippen LogP contribution in [0, 0.1) is 11.8 Å². The highest BCUT2D eigenvalue weighted by Crippen LogP contribution is 2.65. The van der Waals surface area contributed by atoms with Crippen molar-refractivity contribution in [3.8, 4) is 0 Å². The van der Waals surface area contributed by atoms with Crippen molar-refractivity contribution in [3.63, 3.8) is 0 Å². The first kappa shape index (κ1) is 30.1. The molecule has 1 aliphatic carbocycles. The lowest BCUT2D eigenvalue weighted by atomic mass is 9.61. The third-order valence-electron chi connectivity index (χ3n) is 8.98. The van der Waals surface area contributed by atoms with Crippen LogP contribution in [-0.4, -0.2) is 38.6 Å². The maximum atomic E-state index is 7.45. The minimum atomic E-state index is -2.79. The van der Waals surface area contributed by atoms with Crippen LogP contribution in [0.1, 0.15) is 52.7 Å². The number of fused-ring (bicyclic) bond motifs is 1. The Morgan fingerprint density at radius 2 is 1.24 bits per heavy atom. The third-order valence-corrected chi connectivity index (χ3v) is 15.3. The highest BCUT2D eigenvalue weighted by molar-refractivity contribution is 7.99. The van der Waals surface area contributed by atoms with Crippen molar-refractivity contribution in [1.29, 1.82) is 0 Å². The Balaban J connectivity index is 1.42. The molecule has 0 aromatic heterocycles. The SMILES string of the molecule is CC(C)(C)[Si]1(C(C)(C)C)OCC2OC(Sc3ccccc3)C3C(O1)C2C3(OCc1ccccc1)OCc1ccccc1. The second kappa shape index (κ2) is 11.5. The van der Waals surface area contributed by atoms with Crippen LogP contribution in [-0.2, 0) is 36.3 Å². The van der Waals surface area contributed by atoms with Gasteiger partial charge >= 0.3 is 8.56 Å². The van der Waals surface area contributed by atoms with Crippen molar-refractivity contribution in [2.45, 2.75) is 93.2 Å². The topological polar surface area (TPSA) is 46.2 Å². The lowest BCUT2D eigenvalue weighted by molar-refractivity contribution is -0.432. The summed E-state index contributed by atoms with van der Waals surface area (Å²) in [4.78, 5) is 1.15. The van der Waals surface area contributed by atoms with Gasteiger partial charge in [-0.15, -0.1) is 0 Å². The van der Waals surface area contributed by atoms with E-state index in [1.165, 1.54) is 0 Å². The van der Waals surface area contributed by atoms with Gasteiger partial charge in [-0.05, 0) is 23.3 Å². The fourth-order valence-corrected chi connectivity index (χ4v) is 13.5. The van der Waals surface area contributed by atoms with Crippen molar-refractivity contribution < 1.29 is 23.1 Å². The maximum absolute atomic E-state index is 7.45. The first-order valence-corrected chi connectivity index (χ1v) is 17.8. The molecule has 42 heavy (non-hydrogen) atoms. The van der Waals surface area contributed by atoms with Crippen molar-refractivity contribution in [2.75, 3.05) is 6.61 Å². The van der Waals surface area contributed by atoms with E-state index in [2.05, 4.69) is 114 Å². The van der Waals surface area contributed by atoms with Crippen LogP contribution in [0.25, 0.3) is 0 Å². The second-order valence-corrected chi connectivity index (χ2v) is 19.7. The largest absolute Gasteiger partial charge is 0.391 e. The molecule has 4 bridgehead atoms. The van der Waals surface area contributed by atoms with Gasteiger partial charge in [0.2, 0.25) is 0 Å². The molecule has 0 spiro atoms. The number of ether oxygens (including phenoxy) is 3. The highest BCUT2D eigenvalue weighted by atomic mass is 32.2. The minimum Gasteiger partial charge on any atom is -0.391 e. The van der Waals surface area contributed by atoms with E-state index < -0.39 is 14.3 Å². The summed E-state index contributed by atoms with van der Waals surface area (Å²) in [6.45, 7) is 15.0. The molecule has 3 heterocycles. The molecule has 0 radical (unpaired) electrons. The molecule has 7 heteroatoms. The molecule has 3 aliphatic heterocycles. The molecule has 0 N–H and O–H groups in total. The Labute approximate surface area is 256 Å². The Morgan fingerprint density at radius 1 is 0.738 bits per heavy atom. The number of rotatable bonds is 8. The molecule has 4 fully saturated rings. The molecule has 5 unspecified atom stereocenters. The van der Waals surface area contributed by atoms with Gasteiger partial charge in [0.15, 0.2) is 5.79 Å². The van der Waals surface area contributed by atoms with E-state index in [9.17, 15) is 0 Å². The minimum absolute atomic E-state index is 0.0934. The van der Waals surface area contributed by atoms with Crippen molar-refractivity contribution in [3.05, 3.63) is 102 Å². The van der Waals surface area contributed by atoms with Crippen LogP contribution in [0.5, 0.6) is 0 Å². The number of hydrogen-bond donors (Lipinski definition) is 0. The van der Waals surface area contributed by atoms with Gasteiger partial charge in [-0.3, -0.25) is 0 Å². The molecule has 5 atom stereocenters. The number of hydrogen-bond acceptors (Lipinski definition) is 6. The fourth-order valence-electron chi connectivity index (χ4n) is 7.27. The van der Waals surface area contributed by atoms with E-state index in [1.807, 2.05) is 18.2 Å². The van der Waals surface area contributed by atoms with E-state index in [0.29, 0.717) is 19.8 Å². The molecule has 3 aromatic carbocycles. The first-order chi connectivity index (χ1) is 20.0. The summed E-state index contributed by atoms with van der Waals surface area (Å²) in [5.41, 5.74) is 2.02. The van der Waals surface area contributed by atoms with E-state index in [-0.39, 0.29) is 39.6 Å². The quantitative estimate of drug-likeness (QED) is 0.190. The van der Waals surface area contributed by atoms with Gasteiger partial charge in [0.1, 0.15) is 5.44 Å². The van der Waals surface area contributed by atoms with Gasteiger partial charge in [0, 0.05) is 15.0 Å². The molecule has 4 aliphatic rings. The summed E-state index contributed by atoms with van der Waals surface area (Å²) in [6, 6.07) is 31.2. The van der Waals surface area contributed by atoms with Crippen LogP contribution in [0.15, 0.2) is 95.9 Å².